The van der Waals surface area contributed by atoms with Gasteiger partial charge in [-0.05, 0) is 52.9 Å². The Balaban J connectivity index is 1.28. The molecule has 0 bridgehead atoms. The Morgan fingerprint density at radius 2 is 1.24 bits per heavy atom. The first-order valence-electron chi connectivity index (χ1n) is 12.9. The normalized spacial score (nSPS) is 18.7. The summed E-state index contributed by atoms with van der Waals surface area (Å²) in [6.07, 6.45) is 1.03. The molecule has 0 amide bonds. The number of cyclic esters (lactones) is 1. The Bertz CT molecular complexity index is 1340. The van der Waals surface area contributed by atoms with Crippen LogP contribution in [0.3, 0.4) is 0 Å². The van der Waals surface area contributed by atoms with E-state index >= 15 is 0 Å². The molecule has 1 fully saturated rings. The van der Waals surface area contributed by atoms with Crippen molar-refractivity contribution in [3.05, 3.63) is 131 Å². The van der Waals surface area contributed by atoms with Crippen LogP contribution in [0.2, 0.25) is 0 Å². The van der Waals surface area contributed by atoms with E-state index in [9.17, 15) is 4.79 Å². The number of benzene rings is 4. The maximum atomic E-state index is 13.1. The number of hydrogen-bond donors (Lipinski definition) is 0. The van der Waals surface area contributed by atoms with Gasteiger partial charge in [0.2, 0.25) is 0 Å². The molecule has 5 heteroatoms. The topological polar surface area (TPSA) is 54.0 Å². The molecule has 0 radical (unpaired) electrons. The zero-order valence-corrected chi connectivity index (χ0v) is 21.5. The summed E-state index contributed by atoms with van der Waals surface area (Å²) in [5.74, 6) is 1.09. The molecule has 4 aromatic carbocycles. The molecule has 0 aromatic heterocycles. The Labute approximate surface area is 223 Å². The molecule has 1 aliphatic heterocycles. The minimum Gasteiger partial charge on any atom is -0.489 e. The highest BCUT2D eigenvalue weighted by Gasteiger charge is 2.52. The lowest BCUT2D eigenvalue weighted by Gasteiger charge is -2.30. The molecule has 0 N–H and O–H groups in total. The SMILES string of the molecule is CO[C@@]1(Cc2cccc(OCc3ccccc3)c2)C(=O)OC[C@@H]1Cc1cccc(OCc2ccccc2)c1. The van der Waals surface area contributed by atoms with Gasteiger partial charge in [0, 0.05) is 19.4 Å². The van der Waals surface area contributed by atoms with Gasteiger partial charge in [-0.2, -0.15) is 0 Å². The molecular weight excluding hydrogens is 476 g/mol. The molecule has 5 nitrogen and oxygen atoms in total. The Morgan fingerprint density at radius 3 is 1.82 bits per heavy atom. The van der Waals surface area contributed by atoms with Gasteiger partial charge in [0.1, 0.15) is 24.7 Å². The molecule has 0 spiro atoms. The van der Waals surface area contributed by atoms with Crippen LogP contribution in [0.4, 0.5) is 0 Å². The number of hydrogen-bond acceptors (Lipinski definition) is 5. The van der Waals surface area contributed by atoms with Crippen molar-refractivity contribution < 1.29 is 23.7 Å². The Hall–Kier alpha value is -4.09. The summed E-state index contributed by atoms with van der Waals surface area (Å²) in [5.41, 5.74) is 3.17. The summed E-state index contributed by atoms with van der Waals surface area (Å²) in [6.45, 7) is 1.29. The van der Waals surface area contributed by atoms with Crippen LogP contribution in [0.5, 0.6) is 11.5 Å². The zero-order chi connectivity index (χ0) is 26.2. The average Bonchev–Trinajstić information content (AvgIpc) is 3.26. The third kappa shape index (κ3) is 6.06. The minimum atomic E-state index is -1.07. The zero-order valence-electron chi connectivity index (χ0n) is 21.5. The summed E-state index contributed by atoms with van der Waals surface area (Å²) < 4.78 is 23.5. The largest absolute Gasteiger partial charge is 0.489 e. The third-order valence-corrected chi connectivity index (χ3v) is 7.03. The molecule has 38 heavy (non-hydrogen) atoms. The first-order valence-corrected chi connectivity index (χ1v) is 12.9. The lowest BCUT2D eigenvalue weighted by molar-refractivity contribution is -0.157. The fourth-order valence-corrected chi connectivity index (χ4v) is 4.94. The fraction of sp³-hybridized carbons (Fsp3) is 0.242. The van der Waals surface area contributed by atoms with Gasteiger partial charge in [-0.25, -0.2) is 4.79 Å². The molecule has 194 valence electrons. The second kappa shape index (κ2) is 12.0. The molecule has 5 rings (SSSR count). The van der Waals surface area contributed by atoms with Gasteiger partial charge < -0.3 is 18.9 Å². The summed E-state index contributed by atoms with van der Waals surface area (Å²) in [7, 11) is 1.59. The van der Waals surface area contributed by atoms with E-state index in [1.165, 1.54) is 0 Å². The highest BCUT2D eigenvalue weighted by molar-refractivity contribution is 5.82. The molecule has 1 heterocycles. The second-order valence-corrected chi connectivity index (χ2v) is 9.61. The molecular formula is C33H32O5. The van der Waals surface area contributed by atoms with E-state index in [0.717, 1.165) is 33.8 Å². The van der Waals surface area contributed by atoms with Crippen LogP contribution in [-0.2, 0) is 40.3 Å². The standard InChI is InChI=1S/C33H32O5/c1-35-33(21-28-15-9-17-31(20-28)37-23-26-12-6-3-7-13-26)29(24-38-32(33)34)18-27-14-8-16-30(19-27)36-22-25-10-4-2-5-11-25/h2-17,19-20,29H,18,21-24H2,1H3/t29-,33+/m0/s1. The average molecular weight is 509 g/mol. The highest BCUT2D eigenvalue weighted by Crippen LogP contribution is 2.37. The van der Waals surface area contributed by atoms with Crippen LogP contribution in [-0.4, -0.2) is 25.3 Å². The molecule has 0 saturated carbocycles. The maximum absolute atomic E-state index is 13.1. The molecule has 2 atom stereocenters. The smallest absolute Gasteiger partial charge is 0.339 e. The monoisotopic (exact) mass is 508 g/mol. The summed E-state index contributed by atoms with van der Waals surface area (Å²) in [6, 6.07) is 36.0. The summed E-state index contributed by atoms with van der Waals surface area (Å²) in [4.78, 5) is 13.1. The van der Waals surface area contributed by atoms with E-state index in [1.54, 1.807) is 7.11 Å². The number of rotatable bonds is 11. The van der Waals surface area contributed by atoms with Crippen LogP contribution < -0.4 is 9.47 Å². The second-order valence-electron chi connectivity index (χ2n) is 9.61. The van der Waals surface area contributed by atoms with Gasteiger partial charge in [-0.3, -0.25) is 0 Å². The number of esters is 1. The van der Waals surface area contributed by atoms with Crippen molar-refractivity contribution in [1.29, 1.82) is 0 Å². The fourth-order valence-electron chi connectivity index (χ4n) is 4.94. The van der Waals surface area contributed by atoms with Crippen LogP contribution >= 0.6 is 0 Å². The Morgan fingerprint density at radius 1 is 0.711 bits per heavy atom. The van der Waals surface area contributed by atoms with Gasteiger partial charge in [0.05, 0.1) is 6.61 Å². The third-order valence-electron chi connectivity index (χ3n) is 7.03. The predicted molar refractivity (Wildman–Crippen MR) is 146 cm³/mol. The summed E-state index contributed by atoms with van der Waals surface area (Å²) in [5, 5.41) is 0. The molecule has 4 aromatic rings. The summed E-state index contributed by atoms with van der Waals surface area (Å²) >= 11 is 0. The van der Waals surface area contributed by atoms with Crippen molar-refractivity contribution >= 4 is 5.97 Å². The van der Waals surface area contributed by atoms with Gasteiger partial charge >= 0.3 is 5.97 Å². The van der Waals surface area contributed by atoms with Crippen molar-refractivity contribution in [2.75, 3.05) is 13.7 Å². The lowest BCUT2D eigenvalue weighted by atomic mass is 9.80. The van der Waals surface area contributed by atoms with Crippen LogP contribution in [0.25, 0.3) is 0 Å². The van der Waals surface area contributed by atoms with E-state index in [4.69, 9.17) is 18.9 Å². The number of carbonyl (C=O) groups excluding carboxylic acids is 1. The van der Waals surface area contributed by atoms with Crippen molar-refractivity contribution in [3.63, 3.8) is 0 Å². The van der Waals surface area contributed by atoms with E-state index in [1.807, 2.05) is 103 Å². The van der Waals surface area contributed by atoms with Gasteiger partial charge in [0.25, 0.3) is 0 Å². The Kier molecular flexibility index (Phi) is 8.05. The lowest BCUT2D eigenvalue weighted by Crippen LogP contribution is -2.46. The van der Waals surface area contributed by atoms with Crippen molar-refractivity contribution in [2.24, 2.45) is 5.92 Å². The molecule has 1 aliphatic rings. The first-order chi connectivity index (χ1) is 18.6. The van der Waals surface area contributed by atoms with Crippen molar-refractivity contribution in [3.8, 4) is 11.5 Å². The van der Waals surface area contributed by atoms with Crippen LogP contribution in [0, 0.1) is 5.92 Å². The van der Waals surface area contributed by atoms with Crippen LogP contribution in [0.1, 0.15) is 22.3 Å². The number of carbonyl (C=O) groups is 1. The van der Waals surface area contributed by atoms with E-state index in [-0.39, 0.29) is 11.9 Å². The van der Waals surface area contributed by atoms with E-state index < -0.39 is 5.60 Å². The molecule has 1 saturated heterocycles. The van der Waals surface area contributed by atoms with Crippen molar-refractivity contribution in [2.45, 2.75) is 31.7 Å². The maximum Gasteiger partial charge on any atom is 0.339 e. The number of ether oxygens (including phenoxy) is 4. The quantitative estimate of drug-likeness (QED) is 0.226. The van der Waals surface area contributed by atoms with Gasteiger partial charge in [-0.1, -0.05) is 84.9 Å². The first kappa shape index (κ1) is 25.6. The van der Waals surface area contributed by atoms with Gasteiger partial charge in [-0.15, -0.1) is 0 Å². The minimum absolute atomic E-state index is 0.140. The highest BCUT2D eigenvalue weighted by atomic mass is 16.6. The number of methoxy groups -OCH3 is 1. The van der Waals surface area contributed by atoms with E-state index in [2.05, 4.69) is 6.07 Å². The van der Waals surface area contributed by atoms with Gasteiger partial charge in [0.15, 0.2) is 5.60 Å². The predicted octanol–water partition coefficient (Wildman–Crippen LogP) is 6.19. The molecule has 0 aliphatic carbocycles. The van der Waals surface area contributed by atoms with Crippen LogP contribution in [0.15, 0.2) is 109 Å². The van der Waals surface area contributed by atoms with E-state index in [0.29, 0.717) is 32.7 Å². The van der Waals surface area contributed by atoms with Crippen molar-refractivity contribution in [1.82, 2.24) is 0 Å². The molecule has 0 unspecified atom stereocenters.